The van der Waals surface area contributed by atoms with Gasteiger partial charge in [0.2, 0.25) is 11.7 Å². The zero-order valence-corrected chi connectivity index (χ0v) is 14.1. The topological polar surface area (TPSA) is 84.7 Å². The highest BCUT2D eigenvalue weighted by atomic mass is 16.5. The van der Waals surface area contributed by atoms with E-state index in [1.54, 1.807) is 6.07 Å². The van der Waals surface area contributed by atoms with Crippen molar-refractivity contribution >= 4 is 11.7 Å². The first-order chi connectivity index (χ1) is 11.6. The zero-order valence-electron chi connectivity index (χ0n) is 14.1. The Labute approximate surface area is 141 Å². The molecule has 2 aliphatic rings. The smallest absolute Gasteiger partial charge is 0.223 e. The molecule has 7 nitrogen and oxygen atoms in total. The first-order valence-corrected chi connectivity index (χ1v) is 8.66. The largest absolute Gasteiger partial charge is 0.378 e. The van der Waals surface area contributed by atoms with Crippen molar-refractivity contribution in [2.45, 2.75) is 26.2 Å². The average molecular weight is 335 g/mol. The van der Waals surface area contributed by atoms with Crippen molar-refractivity contribution in [3.05, 3.63) is 17.5 Å². The quantitative estimate of drug-likeness (QED) is 0.805. The van der Waals surface area contributed by atoms with Crippen LogP contribution in [0.4, 0.5) is 0 Å². The van der Waals surface area contributed by atoms with Gasteiger partial charge in [0.1, 0.15) is 0 Å². The summed E-state index contributed by atoms with van der Waals surface area (Å²) in [7, 11) is 0. The molecule has 24 heavy (non-hydrogen) atoms. The van der Waals surface area contributed by atoms with Gasteiger partial charge < -0.3 is 19.5 Å². The monoisotopic (exact) mass is 335 g/mol. The molecule has 1 aromatic rings. The van der Waals surface area contributed by atoms with Crippen LogP contribution in [0.25, 0.3) is 0 Å². The van der Waals surface area contributed by atoms with Gasteiger partial charge in [-0.3, -0.25) is 9.59 Å². The summed E-state index contributed by atoms with van der Waals surface area (Å²) in [4.78, 5) is 25.8. The highest BCUT2D eigenvalue weighted by Gasteiger charge is 2.30. The highest BCUT2D eigenvalue weighted by Crippen LogP contribution is 2.27. The maximum absolute atomic E-state index is 12.5. The summed E-state index contributed by atoms with van der Waals surface area (Å²) in [6.45, 7) is 5.93. The van der Waals surface area contributed by atoms with Gasteiger partial charge >= 0.3 is 0 Å². The summed E-state index contributed by atoms with van der Waals surface area (Å²) in [5.74, 6) is 1.07. The van der Waals surface area contributed by atoms with E-state index in [4.69, 9.17) is 9.26 Å². The van der Waals surface area contributed by atoms with E-state index < -0.39 is 0 Å². The number of morpholine rings is 1. The number of hydrogen-bond donors (Lipinski definition) is 1. The van der Waals surface area contributed by atoms with Gasteiger partial charge in [-0.2, -0.15) is 0 Å². The van der Waals surface area contributed by atoms with Crippen LogP contribution in [0.2, 0.25) is 0 Å². The minimum Gasteiger partial charge on any atom is -0.378 e. The molecule has 0 aromatic carbocycles. The lowest BCUT2D eigenvalue weighted by molar-refractivity contribution is -0.136. The molecular formula is C17H25N3O4. The van der Waals surface area contributed by atoms with Gasteiger partial charge in [0.05, 0.1) is 18.9 Å². The zero-order chi connectivity index (χ0) is 16.9. The summed E-state index contributed by atoms with van der Waals surface area (Å²) >= 11 is 0. The molecule has 3 rings (SSSR count). The van der Waals surface area contributed by atoms with Crippen molar-refractivity contribution in [1.29, 1.82) is 0 Å². The van der Waals surface area contributed by atoms with E-state index in [1.807, 2.05) is 4.90 Å². The average Bonchev–Trinajstić information content (AvgIpc) is 3.06. The fourth-order valence-electron chi connectivity index (χ4n) is 3.49. The molecule has 0 radical (unpaired) electrons. The minimum absolute atomic E-state index is 0.116. The molecule has 0 spiro atoms. The number of rotatable bonds is 5. The maximum atomic E-state index is 12.5. The van der Waals surface area contributed by atoms with Crippen LogP contribution in [0.5, 0.6) is 0 Å². The van der Waals surface area contributed by atoms with Crippen LogP contribution in [-0.2, 0) is 16.0 Å². The third-order valence-corrected chi connectivity index (χ3v) is 4.94. The van der Waals surface area contributed by atoms with Gasteiger partial charge in [-0.25, -0.2) is 0 Å². The number of Topliss-reactive ketones (excluding diaryl/α,β-unsaturated/α-hetero) is 1. The fourth-order valence-corrected chi connectivity index (χ4v) is 3.49. The molecule has 3 heterocycles. The Kier molecular flexibility index (Phi) is 5.63. The molecule has 132 valence electrons. The first kappa shape index (κ1) is 17.1. The van der Waals surface area contributed by atoms with Crippen molar-refractivity contribution in [1.82, 2.24) is 15.4 Å². The van der Waals surface area contributed by atoms with E-state index in [0.717, 1.165) is 31.6 Å². The van der Waals surface area contributed by atoms with Gasteiger partial charge in [0.25, 0.3) is 0 Å². The van der Waals surface area contributed by atoms with Gasteiger partial charge in [0.15, 0.2) is 5.78 Å². The molecule has 0 bridgehead atoms. The number of hydrogen-bond acceptors (Lipinski definition) is 6. The maximum Gasteiger partial charge on any atom is 0.223 e. The third-order valence-electron chi connectivity index (χ3n) is 4.94. The Bertz CT molecular complexity index is 580. The van der Waals surface area contributed by atoms with E-state index in [1.165, 1.54) is 6.92 Å². The number of carbonyl (C=O) groups is 2. The van der Waals surface area contributed by atoms with Crippen LogP contribution < -0.4 is 5.32 Å². The van der Waals surface area contributed by atoms with Crippen molar-refractivity contribution in [2.24, 2.45) is 11.8 Å². The lowest BCUT2D eigenvalue weighted by Gasteiger charge is -2.34. The first-order valence-electron chi connectivity index (χ1n) is 8.66. The number of carbonyl (C=O) groups excluding carboxylic acids is 2. The second-order valence-electron chi connectivity index (χ2n) is 6.65. The van der Waals surface area contributed by atoms with E-state index in [0.29, 0.717) is 50.3 Å². The van der Waals surface area contributed by atoms with Crippen molar-refractivity contribution in [2.75, 3.05) is 39.4 Å². The number of nitrogens with zero attached hydrogens (tertiary/aromatic N) is 2. The van der Waals surface area contributed by atoms with Gasteiger partial charge in [-0.1, -0.05) is 5.16 Å². The molecule has 0 aliphatic carbocycles. The van der Waals surface area contributed by atoms with Crippen LogP contribution >= 0.6 is 0 Å². The minimum atomic E-state index is -0.116. The second-order valence-corrected chi connectivity index (χ2v) is 6.65. The molecule has 2 unspecified atom stereocenters. The van der Waals surface area contributed by atoms with Crippen LogP contribution in [0.15, 0.2) is 10.6 Å². The normalized spacial score (nSPS) is 24.8. The number of nitrogens with one attached hydrogen (secondary N) is 1. The molecule has 2 saturated heterocycles. The van der Waals surface area contributed by atoms with Gasteiger partial charge in [0, 0.05) is 32.5 Å². The second kappa shape index (κ2) is 7.90. The Balaban J connectivity index is 1.59. The molecule has 2 fully saturated rings. The Morgan fingerprint density at radius 3 is 2.83 bits per heavy atom. The summed E-state index contributed by atoms with van der Waals surface area (Å²) < 4.78 is 10.4. The molecule has 1 N–H and O–H groups in total. The van der Waals surface area contributed by atoms with Crippen molar-refractivity contribution < 1.29 is 18.8 Å². The molecule has 2 atom stereocenters. The SMILES string of the molecule is CC(=O)c1cc(CC2CNCCC2CC(=O)N2CCOCC2)no1. The molecule has 1 amide bonds. The Hall–Kier alpha value is -1.73. The molecule has 2 aliphatic heterocycles. The van der Waals surface area contributed by atoms with E-state index in [2.05, 4.69) is 10.5 Å². The summed E-state index contributed by atoms with van der Waals surface area (Å²) in [6.07, 6.45) is 2.28. The summed E-state index contributed by atoms with van der Waals surface area (Å²) in [5.41, 5.74) is 0.790. The van der Waals surface area contributed by atoms with E-state index >= 15 is 0 Å². The number of piperidine rings is 1. The van der Waals surface area contributed by atoms with Crippen LogP contribution in [0.3, 0.4) is 0 Å². The van der Waals surface area contributed by atoms with Crippen LogP contribution in [0, 0.1) is 11.8 Å². The lowest BCUT2D eigenvalue weighted by atomic mass is 9.81. The Morgan fingerprint density at radius 1 is 1.33 bits per heavy atom. The number of amides is 1. The predicted octanol–water partition coefficient (Wildman–Crippen LogP) is 0.894. The fraction of sp³-hybridized carbons (Fsp3) is 0.706. The van der Waals surface area contributed by atoms with E-state index in [9.17, 15) is 9.59 Å². The van der Waals surface area contributed by atoms with Gasteiger partial charge in [-0.05, 0) is 37.8 Å². The Morgan fingerprint density at radius 2 is 2.12 bits per heavy atom. The summed E-state index contributed by atoms with van der Waals surface area (Å²) in [6, 6.07) is 1.72. The standard InChI is InChI=1S/C17H25N3O4/c1-12(21)16-10-15(19-24-16)8-14-11-18-3-2-13(14)9-17(22)20-4-6-23-7-5-20/h10,13-14,18H,2-9,11H2,1H3. The molecule has 1 aromatic heterocycles. The lowest BCUT2D eigenvalue weighted by Crippen LogP contribution is -2.44. The number of aromatic nitrogens is 1. The number of ketones is 1. The molecular weight excluding hydrogens is 310 g/mol. The van der Waals surface area contributed by atoms with Crippen molar-refractivity contribution in [3.63, 3.8) is 0 Å². The van der Waals surface area contributed by atoms with Crippen molar-refractivity contribution in [3.8, 4) is 0 Å². The van der Waals surface area contributed by atoms with E-state index in [-0.39, 0.29) is 11.7 Å². The number of ether oxygens (including phenoxy) is 1. The molecule has 7 heteroatoms. The molecule has 0 saturated carbocycles. The highest BCUT2D eigenvalue weighted by molar-refractivity contribution is 5.91. The van der Waals surface area contributed by atoms with Crippen LogP contribution in [0.1, 0.15) is 36.0 Å². The third kappa shape index (κ3) is 4.21. The predicted molar refractivity (Wildman–Crippen MR) is 86.7 cm³/mol. The summed E-state index contributed by atoms with van der Waals surface area (Å²) in [5, 5.41) is 7.40. The van der Waals surface area contributed by atoms with Crippen LogP contribution in [-0.4, -0.2) is 61.1 Å². The van der Waals surface area contributed by atoms with Gasteiger partial charge in [-0.15, -0.1) is 0 Å².